The van der Waals surface area contributed by atoms with Crippen molar-refractivity contribution < 1.29 is 27.1 Å². The third-order valence-corrected chi connectivity index (χ3v) is 5.20. The lowest BCUT2D eigenvalue weighted by Gasteiger charge is -2.12. The zero-order valence-corrected chi connectivity index (χ0v) is 18.5. The van der Waals surface area contributed by atoms with Crippen LogP contribution in [0.1, 0.15) is 11.3 Å². The summed E-state index contributed by atoms with van der Waals surface area (Å²) >= 11 is 0. The minimum absolute atomic E-state index is 0.125. The Morgan fingerprint density at radius 1 is 1.08 bits per heavy atom. The Kier molecular flexibility index (Phi) is 5.87. The van der Waals surface area contributed by atoms with Gasteiger partial charge in [-0.2, -0.15) is 13.2 Å². The van der Waals surface area contributed by atoms with Gasteiger partial charge in [0.2, 0.25) is 11.8 Å². The van der Waals surface area contributed by atoms with E-state index in [1.807, 2.05) is 0 Å². The van der Waals surface area contributed by atoms with E-state index >= 15 is 0 Å². The highest BCUT2D eigenvalue weighted by Gasteiger charge is 2.34. The van der Waals surface area contributed by atoms with Gasteiger partial charge >= 0.3 is 12.2 Å². The van der Waals surface area contributed by atoms with Gasteiger partial charge in [0, 0.05) is 23.3 Å². The highest BCUT2D eigenvalue weighted by molar-refractivity contribution is 5.98. The molecule has 0 spiro atoms. The molecule has 0 atom stereocenters. The van der Waals surface area contributed by atoms with E-state index < -0.39 is 23.6 Å². The number of fused-ring (bicyclic) bond motifs is 1. The van der Waals surface area contributed by atoms with Crippen molar-refractivity contribution in [1.82, 2.24) is 34.7 Å². The molecule has 2 aromatic carbocycles. The topological polar surface area (TPSA) is 139 Å². The van der Waals surface area contributed by atoms with Crippen molar-refractivity contribution >= 4 is 28.6 Å². The minimum atomic E-state index is -4.90. The van der Waals surface area contributed by atoms with Crippen LogP contribution < -0.4 is 15.8 Å². The van der Waals surface area contributed by atoms with E-state index in [0.717, 1.165) is 6.07 Å². The van der Waals surface area contributed by atoms with Gasteiger partial charge in [-0.05, 0) is 52.9 Å². The van der Waals surface area contributed by atoms with Gasteiger partial charge in [0.15, 0.2) is 0 Å². The number of benzene rings is 2. The van der Waals surface area contributed by atoms with Crippen molar-refractivity contribution in [3.8, 4) is 11.6 Å². The number of tetrazole rings is 1. The van der Waals surface area contributed by atoms with Crippen LogP contribution in [-0.4, -0.2) is 40.8 Å². The smallest absolute Gasteiger partial charge is 0.419 e. The van der Waals surface area contributed by atoms with Gasteiger partial charge in [-0.1, -0.05) is 5.10 Å². The van der Waals surface area contributed by atoms with Gasteiger partial charge in [0.05, 0.1) is 23.3 Å². The number of amides is 1. The van der Waals surface area contributed by atoms with E-state index in [1.54, 1.807) is 30.3 Å². The molecular weight excluding hydrogens is 498 g/mol. The van der Waals surface area contributed by atoms with Crippen molar-refractivity contribution in [2.75, 3.05) is 11.1 Å². The van der Waals surface area contributed by atoms with Crippen LogP contribution in [0.4, 0.5) is 34.0 Å². The zero-order valence-electron chi connectivity index (χ0n) is 18.5. The van der Waals surface area contributed by atoms with Crippen LogP contribution in [-0.2, 0) is 12.7 Å². The molecule has 0 aliphatic rings. The standard InChI is InChI=1S/C22H15F4N9O2/c23-17-3-1-13(8-16(17)22(24,25)26)30-21(36)34-6-5-12-7-15(2-4-18(12)34)37-19-9-14(28-11-29-19)10-35-20(27)31-32-33-35/h1-9,11H,10H2,(H,30,36)(H2,27,31,33). The van der Waals surface area contributed by atoms with Gasteiger partial charge in [-0.25, -0.2) is 23.8 Å². The quantitative estimate of drug-likeness (QED) is 0.335. The second-order valence-electron chi connectivity index (χ2n) is 7.67. The van der Waals surface area contributed by atoms with Gasteiger partial charge in [0.25, 0.3) is 0 Å². The molecule has 3 N–H and O–H groups in total. The first-order valence-corrected chi connectivity index (χ1v) is 10.5. The fraction of sp³-hybridized carbons (Fsp3) is 0.0909. The predicted octanol–water partition coefficient (Wildman–Crippen LogP) is 4.08. The molecule has 11 nitrogen and oxygen atoms in total. The predicted molar refractivity (Wildman–Crippen MR) is 121 cm³/mol. The average Bonchev–Trinajstić information content (AvgIpc) is 3.45. The lowest BCUT2D eigenvalue weighted by molar-refractivity contribution is -0.139. The molecule has 188 valence electrons. The van der Waals surface area contributed by atoms with E-state index in [9.17, 15) is 22.4 Å². The summed E-state index contributed by atoms with van der Waals surface area (Å²) in [6.07, 6.45) is -2.14. The highest BCUT2D eigenvalue weighted by atomic mass is 19.4. The number of ether oxygens (including phenoxy) is 1. The van der Waals surface area contributed by atoms with Crippen LogP contribution in [0.2, 0.25) is 0 Å². The molecule has 3 heterocycles. The Morgan fingerprint density at radius 3 is 2.68 bits per heavy atom. The molecule has 0 fully saturated rings. The molecule has 37 heavy (non-hydrogen) atoms. The monoisotopic (exact) mass is 513 g/mol. The van der Waals surface area contributed by atoms with Gasteiger partial charge in [-0.3, -0.25) is 4.57 Å². The molecule has 3 aromatic heterocycles. The second kappa shape index (κ2) is 9.18. The number of aromatic nitrogens is 7. The number of nitrogen functional groups attached to an aromatic ring is 1. The molecular formula is C22H15F4N9O2. The Labute approximate surface area is 204 Å². The van der Waals surface area contributed by atoms with Crippen LogP contribution in [0.5, 0.6) is 11.6 Å². The Morgan fingerprint density at radius 2 is 1.92 bits per heavy atom. The summed E-state index contributed by atoms with van der Waals surface area (Å²) in [4.78, 5) is 20.9. The molecule has 15 heteroatoms. The van der Waals surface area contributed by atoms with E-state index in [-0.39, 0.29) is 24.1 Å². The Balaban J connectivity index is 1.32. The van der Waals surface area contributed by atoms with Crippen molar-refractivity contribution in [2.24, 2.45) is 0 Å². The molecule has 1 amide bonds. The summed E-state index contributed by atoms with van der Waals surface area (Å²) < 4.78 is 60.8. The summed E-state index contributed by atoms with van der Waals surface area (Å²) in [6, 6.07) is 9.55. The molecule has 0 aliphatic heterocycles. The maximum atomic E-state index is 13.5. The summed E-state index contributed by atoms with van der Waals surface area (Å²) in [5.74, 6) is -0.657. The summed E-state index contributed by atoms with van der Waals surface area (Å²) in [6.45, 7) is 0.202. The van der Waals surface area contributed by atoms with E-state index in [2.05, 4.69) is 30.8 Å². The van der Waals surface area contributed by atoms with E-state index in [1.165, 1.54) is 21.8 Å². The van der Waals surface area contributed by atoms with Crippen molar-refractivity contribution in [2.45, 2.75) is 12.7 Å². The summed E-state index contributed by atoms with van der Waals surface area (Å²) in [5.41, 5.74) is 4.98. The molecule has 0 aliphatic carbocycles. The summed E-state index contributed by atoms with van der Waals surface area (Å²) in [5, 5.41) is 13.8. The Hall–Kier alpha value is -5.08. The first-order valence-electron chi connectivity index (χ1n) is 10.5. The molecule has 5 rings (SSSR count). The lowest BCUT2D eigenvalue weighted by Crippen LogP contribution is -2.19. The van der Waals surface area contributed by atoms with Gasteiger partial charge < -0.3 is 15.8 Å². The van der Waals surface area contributed by atoms with Crippen LogP contribution in [0, 0.1) is 5.82 Å². The first-order chi connectivity index (χ1) is 17.7. The molecule has 0 bridgehead atoms. The SMILES string of the molecule is Nc1nnnn1Cc1cc(Oc2ccc3c(ccn3C(=O)Nc3ccc(F)c(C(F)(F)F)c3)c2)ncn1. The maximum absolute atomic E-state index is 13.5. The number of anilines is 2. The fourth-order valence-electron chi connectivity index (χ4n) is 3.48. The third-order valence-electron chi connectivity index (χ3n) is 5.20. The largest absolute Gasteiger partial charge is 0.439 e. The van der Waals surface area contributed by atoms with Crippen LogP contribution in [0.15, 0.2) is 61.1 Å². The molecule has 0 saturated carbocycles. The Bertz CT molecular complexity index is 1610. The number of rotatable bonds is 5. The molecule has 0 unspecified atom stereocenters. The van der Waals surface area contributed by atoms with Gasteiger partial charge in [0.1, 0.15) is 17.9 Å². The van der Waals surface area contributed by atoms with Crippen LogP contribution in [0.25, 0.3) is 10.9 Å². The highest BCUT2D eigenvalue weighted by Crippen LogP contribution is 2.33. The number of nitrogens with one attached hydrogen (secondary N) is 1. The second-order valence-corrected chi connectivity index (χ2v) is 7.67. The molecule has 0 saturated heterocycles. The number of carbonyl (C=O) groups excluding carboxylic acids is 1. The van der Waals surface area contributed by atoms with Crippen LogP contribution >= 0.6 is 0 Å². The molecule has 5 aromatic rings. The minimum Gasteiger partial charge on any atom is -0.439 e. The summed E-state index contributed by atoms with van der Waals surface area (Å²) in [7, 11) is 0. The van der Waals surface area contributed by atoms with Crippen molar-refractivity contribution in [3.63, 3.8) is 0 Å². The van der Waals surface area contributed by atoms with Crippen molar-refractivity contribution in [3.05, 3.63) is 78.1 Å². The number of nitrogens with zero attached hydrogens (tertiary/aromatic N) is 7. The average molecular weight is 513 g/mol. The van der Waals surface area contributed by atoms with Crippen LogP contribution in [0.3, 0.4) is 0 Å². The third kappa shape index (κ3) is 5.00. The fourth-order valence-corrected chi connectivity index (χ4v) is 3.48. The number of hydrogen-bond acceptors (Lipinski definition) is 8. The van der Waals surface area contributed by atoms with Crippen molar-refractivity contribution in [1.29, 1.82) is 0 Å². The normalized spacial score (nSPS) is 11.6. The first kappa shape index (κ1) is 23.7. The number of alkyl halides is 3. The maximum Gasteiger partial charge on any atom is 0.419 e. The zero-order chi connectivity index (χ0) is 26.2. The number of halogens is 4. The molecule has 0 radical (unpaired) electrons. The number of hydrogen-bond donors (Lipinski definition) is 2. The van der Waals surface area contributed by atoms with E-state index in [0.29, 0.717) is 34.5 Å². The van der Waals surface area contributed by atoms with E-state index in [4.69, 9.17) is 10.5 Å². The number of carbonyl (C=O) groups is 1. The number of nitrogens with two attached hydrogens (primary N) is 1. The lowest BCUT2D eigenvalue weighted by atomic mass is 10.2. The van der Waals surface area contributed by atoms with Gasteiger partial charge in [-0.15, -0.1) is 0 Å².